The second-order valence-electron chi connectivity index (χ2n) is 4.95. The Kier molecular flexibility index (Phi) is 4.94. The Bertz CT molecular complexity index is 752. The maximum atomic E-state index is 12.2. The van der Waals surface area contributed by atoms with Gasteiger partial charge in [0.05, 0.1) is 9.80 Å². The van der Waals surface area contributed by atoms with Gasteiger partial charge in [0.2, 0.25) is 10.0 Å². The van der Waals surface area contributed by atoms with Crippen LogP contribution in [0.4, 0.5) is 5.69 Å². The summed E-state index contributed by atoms with van der Waals surface area (Å²) < 4.78 is 28.5. The first-order valence-electron chi connectivity index (χ1n) is 6.51. The minimum atomic E-state index is -3.74. The molecule has 0 aliphatic carbocycles. The number of hydrogen-bond acceptors (Lipinski definition) is 6. The fraction of sp³-hybridized carbons (Fsp3) is 0.417. The van der Waals surface area contributed by atoms with Crippen molar-refractivity contribution in [1.82, 2.24) is 14.5 Å². The van der Waals surface area contributed by atoms with Crippen molar-refractivity contribution in [2.75, 3.05) is 6.54 Å². The van der Waals surface area contributed by atoms with E-state index in [1.165, 1.54) is 6.92 Å². The topological polar surface area (TPSA) is 107 Å². The van der Waals surface area contributed by atoms with Crippen molar-refractivity contribution in [2.45, 2.75) is 24.6 Å². The van der Waals surface area contributed by atoms with Gasteiger partial charge in [-0.2, -0.15) is 5.10 Å². The van der Waals surface area contributed by atoms with Gasteiger partial charge in [-0.25, -0.2) is 13.1 Å². The van der Waals surface area contributed by atoms with Crippen molar-refractivity contribution in [1.29, 1.82) is 0 Å². The van der Waals surface area contributed by atoms with E-state index < -0.39 is 14.9 Å². The zero-order valence-corrected chi connectivity index (χ0v) is 13.7. The number of sulfonamides is 1. The Labute approximate surface area is 132 Å². The molecule has 2 aromatic rings. The molecule has 0 fully saturated rings. The van der Waals surface area contributed by atoms with Gasteiger partial charge in [-0.15, -0.1) is 11.3 Å². The summed E-state index contributed by atoms with van der Waals surface area (Å²) in [5, 5.41) is 14.9. The number of nitrogens with zero attached hydrogens (tertiary/aromatic N) is 3. The van der Waals surface area contributed by atoms with Gasteiger partial charge in [0.15, 0.2) is 0 Å². The molecular formula is C12H16N4O4S2. The number of rotatable bonds is 7. The summed E-state index contributed by atoms with van der Waals surface area (Å²) in [6.45, 7) is 4.24. The van der Waals surface area contributed by atoms with Crippen LogP contribution in [0, 0.1) is 23.0 Å². The van der Waals surface area contributed by atoms with Crippen molar-refractivity contribution in [3.8, 4) is 0 Å². The van der Waals surface area contributed by atoms with Crippen molar-refractivity contribution in [3.05, 3.63) is 39.5 Å². The third-order valence-electron chi connectivity index (χ3n) is 3.01. The minimum absolute atomic E-state index is 0.0331. The van der Waals surface area contributed by atoms with Crippen LogP contribution < -0.4 is 4.72 Å². The van der Waals surface area contributed by atoms with Gasteiger partial charge in [0.1, 0.15) is 4.21 Å². The van der Waals surface area contributed by atoms with E-state index in [2.05, 4.69) is 9.82 Å². The normalized spacial score (nSPS) is 13.2. The molecule has 1 N–H and O–H groups in total. The quantitative estimate of drug-likeness (QED) is 0.608. The van der Waals surface area contributed by atoms with E-state index in [0.29, 0.717) is 11.4 Å². The maximum Gasteiger partial charge on any atom is 0.284 e. The fourth-order valence-electron chi connectivity index (χ4n) is 1.88. The van der Waals surface area contributed by atoms with E-state index in [0.717, 1.165) is 17.4 Å². The average molecular weight is 344 g/mol. The highest BCUT2D eigenvalue weighted by Crippen LogP contribution is 2.31. The summed E-state index contributed by atoms with van der Waals surface area (Å²) in [7, 11) is -3.74. The lowest BCUT2D eigenvalue weighted by molar-refractivity contribution is -0.385. The minimum Gasteiger partial charge on any atom is -0.272 e. The number of nitro groups is 1. The zero-order chi connectivity index (χ0) is 16.3. The molecule has 1 unspecified atom stereocenters. The van der Waals surface area contributed by atoms with Crippen LogP contribution >= 0.6 is 11.3 Å². The highest BCUT2D eigenvalue weighted by atomic mass is 32.2. The summed E-state index contributed by atoms with van der Waals surface area (Å²) in [5.41, 5.74) is -0.171. The largest absolute Gasteiger partial charge is 0.284 e. The molecule has 2 heterocycles. The number of aromatic nitrogens is 2. The zero-order valence-electron chi connectivity index (χ0n) is 12.1. The summed E-state index contributed by atoms with van der Waals surface area (Å²) in [5.74, 6) is 0.0331. The molecule has 0 aliphatic heterocycles. The van der Waals surface area contributed by atoms with Crippen LogP contribution in [0.2, 0.25) is 0 Å². The standard InChI is InChI=1S/C12H16N4O4S2/c1-9(8-15-5-3-4-13-15)7-14-22(19,20)12-6-11(16(17)18)10(2)21-12/h3-6,9,14H,7-8H2,1-2H3. The van der Waals surface area contributed by atoms with Crippen LogP contribution in [-0.4, -0.2) is 29.7 Å². The van der Waals surface area contributed by atoms with Gasteiger partial charge < -0.3 is 0 Å². The molecule has 0 aliphatic rings. The third kappa shape index (κ3) is 3.90. The van der Waals surface area contributed by atoms with E-state index >= 15 is 0 Å². The van der Waals surface area contributed by atoms with E-state index in [-0.39, 0.29) is 22.4 Å². The predicted octanol–water partition coefficient (Wildman–Crippen LogP) is 1.78. The molecular weight excluding hydrogens is 328 g/mol. The average Bonchev–Trinajstić information content (AvgIpc) is 3.06. The highest BCUT2D eigenvalue weighted by Gasteiger charge is 2.24. The SMILES string of the molecule is Cc1sc(S(=O)(=O)NCC(C)Cn2cccn2)cc1[N+](=O)[O-]. The van der Waals surface area contributed by atoms with Gasteiger partial charge in [0, 0.05) is 31.5 Å². The second kappa shape index (κ2) is 6.55. The van der Waals surface area contributed by atoms with Crippen LogP contribution in [0.3, 0.4) is 0 Å². The smallest absolute Gasteiger partial charge is 0.272 e. The number of nitrogens with one attached hydrogen (secondary N) is 1. The first-order valence-corrected chi connectivity index (χ1v) is 8.81. The van der Waals surface area contributed by atoms with Crippen molar-refractivity contribution < 1.29 is 13.3 Å². The molecule has 120 valence electrons. The summed E-state index contributed by atoms with van der Waals surface area (Å²) in [6, 6.07) is 2.89. The number of thiophene rings is 1. The lowest BCUT2D eigenvalue weighted by atomic mass is 10.2. The molecule has 2 rings (SSSR count). The summed E-state index contributed by atoms with van der Waals surface area (Å²) in [6.07, 6.45) is 3.46. The lowest BCUT2D eigenvalue weighted by Gasteiger charge is -2.12. The Morgan fingerprint density at radius 3 is 2.82 bits per heavy atom. The number of aryl methyl sites for hydroxylation is 1. The monoisotopic (exact) mass is 344 g/mol. The molecule has 22 heavy (non-hydrogen) atoms. The second-order valence-corrected chi connectivity index (χ2v) is 8.20. The van der Waals surface area contributed by atoms with Crippen molar-refractivity contribution >= 4 is 27.0 Å². The van der Waals surface area contributed by atoms with Gasteiger partial charge in [0.25, 0.3) is 5.69 Å². The molecule has 0 radical (unpaired) electrons. The van der Waals surface area contributed by atoms with E-state index in [9.17, 15) is 18.5 Å². The Balaban J connectivity index is 2.02. The molecule has 0 saturated carbocycles. The van der Waals surface area contributed by atoms with E-state index in [1.54, 1.807) is 23.1 Å². The van der Waals surface area contributed by atoms with Crippen LogP contribution in [0.1, 0.15) is 11.8 Å². The van der Waals surface area contributed by atoms with E-state index in [1.807, 2.05) is 6.92 Å². The molecule has 0 amide bonds. The first kappa shape index (κ1) is 16.6. The molecule has 8 nitrogen and oxygen atoms in total. The first-order chi connectivity index (χ1) is 10.3. The molecule has 0 aromatic carbocycles. The van der Waals surface area contributed by atoms with E-state index in [4.69, 9.17) is 0 Å². The molecule has 0 saturated heterocycles. The fourth-order valence-corrected chi connectivity index (χ4v) is 4.49. The number of hydrogen-bond donors (Lipinski definition) is 1. The van der Waals surface area contributed by atoms with Gasteiger partial charge in [-0.3, -0.25) is 14.8 Å². The maximum absolute atomic E-state index is 12.2. The van der Waals surface area contributed by atoms with Gasteiger partial charge in [-0.1, -0.05) is 6.92 Å². The predicted molar refractivity (Wildman–Crippen MR) is 82.3 cm³/mol. The molecule has 0 bridgehead atoms. The van der Waals surface area contributed by atoms with Crippen LogP contribution in [-0.2, 0) is 16.6 Å². The van der Waals surface area contributed by atoms with Gasteiger partial charge >= 0.3 is 0 Å². The Morgan fingerprint density at radius 1 is 1.55 bits per heavy atom. The van der Waals surface area contributed by atoms with Crippen molar-refractivity contribution in [3.63, 3.8) is 0 Å². The van der Waals surface area contributed by atoms with Crippen LogP contribution in [0.25, 0.3) is 0 Å². The van der Waals surface area contributed by atoms with Crippen molar-refractivity contribution in [2.24, 2.45) is 5.92 Å². The van der Waals surface area contributed by atoms with Crippen LogP contribution in [0.5, 0.6) is 0 Å². The molecule has 0 spiro atoms. The van der Waals surface area contributed by atoms with Gasteiger partial charge in [-0.05, 0) is 18.9 Å². The highest BCUT2D eigenvalue weighted by molar-refractivity contribution is 7.91. The Hall–Kier alpha value is -1.78. The summed E-state index contributed by atoms with van der Waals surface area (Å²) in [4.78, 5) is 10.6. The lowest BCUT2D eigenvalue weighted by Crippen LogP contribution is -2.29. The molecule has 10 heteroatoms. The third-order valence-corrected chi connectivity index (χ3v) is 5.95. The van der Waals surface area contributed by atoms with Crippen LogP contribution in [0.15, 0.2) is 28.7 Å². The summed E-state index contributed by atoms with van der Waals surface area (Å²) >= 11 is 0.897. The Morgan fingerprint density at radius 2 is 2.27 bits per heavy atom. The molecule has 1 atom stereocenters. The molecule has 2 aromatic heterocycles.